The van der Waals surface area contributed by atoms with E-state index < -0.39 is 34.3 Å². The van der Waals surface area contributed by atoms with E-state index in [1.54, 1.807) is 19.1 Å². The first-order valence-corrected chi connectivity index (χ1v) is 13.7. The minimum absolute atomic E-state index is 0.0733. The normalized spacial score (nSPS) is 13.1. The first-order valence-electron chi connectivity index (χ1n) is 11.1. The van der Waals surface area contributed by atoms with E-state index in [1.807, 2.05) is 13.8 Å². The Hall–Kier alpha value is -2.36. The molecule has 7 nitrogen and oxygen atoms in total. The van der Waals surface area contributed by atoms with Crippen LogP contribution < -0.4 is 9.62 Å². The lowest BCUT2D eigenvalue weighted by Gasteiger charge is -2.33. The molecule has 0 fully saturated rings. The van der Waals surface area contributed by atoms with Gasteiger partial charge in [0.1, 0.15) is 18.4 Å². The molecule has 11 heteroatoms. The molecule has 0 radical (unpaired) electrons. The summed E-state index contributed by atoms with van der Waals surface area (Å²) in [6, 6.07) is 8.99. The smallest absolute Gasteiger partial charge is 0.244 e. The number of sulfonamides is 1. The predicted molar refractivity (Wildman–Crippen MR) is 138 cm³/mol. The Morgan fingerprint density at radius 1 is 1.09 bits per heavy atom. The molecule has 2 aromatic rings. The van der Waals surface area contributed by atoms with E-state index in [4.69, 9.17) is 23.2 Å². The lowest BCUT2D eigenvalue weighted by molar-refractivity contribution is -0.140. The summed E-state index contributed by atoms with van der Waals surface area (Å²) >= 11 is 12.3. The molecule has 0 aliphatic rings. The van der Waals surface area contributed by atoms with Crippen LogP contribution in [-0.2, 0) is 26.2 Å². The fourth-order valence-corrected chi connectivity index (χ4v) is 4.76. The summed E-state index contributed by atoms with van der Waals surface area (Å²) in [5.41, 5.74) is 0.265. The van der Waals surface area contributed by atoms with Crippen molar-refractivity contribution in [2.45, 2.75) is 52.2 Å². The number of amides is 2. The van der Waals surface area contributed by atoms with Gasteiger partial charge in [0.25, 0.3) is 0 Å². The van der Waals surface area contributed by atoms with Gasteiger partial charge in [-0.05, 0) is 49.6 Å². The molecule has 1 N–H and O–H groups in total. The molecular formula is C24H30Cl2FN3O4S. The van der Waals surface area contributed by atoms with Crippen molar-refractivity contribution in [3.63, 3.8) is 0 Å². The quantitative estimate of drug-likeness (QED) is 0.446. The average molecular weight is 546 g/mol. The maximum Gasteiger partial charge on any atom is 0.244 e. The van der Waals surface area contributed by atoms with Crippen LogP contribution in [0.2, 0.25) is 10.0 Å². The highest BCUT2D eigenvalue weighted by atomic mass is 35.5. The highest BCUT2D eigenvalue weighted by Crippen LogP contribution is 2.25. The predicted octanol–water partition coefficient (Wildman–Crippen LogP) is 4.62. The Balaban J connectivity index is 2.49. The average Bonchev–Trinajstić information content (AvgIpc) is 2.78. The van der Waals surface area contributed by atoms with Gasteiger partial charge in [0.2, 0.25) is 21.8 Å². The highest BCUT2D eigenvalue weighted by molar-refractivity contribution is 7.92. The van der Waals surface area contributed by atoms with Gasteiger partial charge >= 0.3 is 0 Å². The Morgan fingerprint density at radius 2 is 1.74 bits per heavy atom. The molecular weight excluding hydrogens is 516 g/mol. The van der Waals surface area contributed by atoms with Crippen LogP contribution in [0, 0.1) is 5.82 Å². The van der Waals surface area contributed by atoms with Crippen LogP contribution in [0.3, 0.4) is 0 Å². The molecule has 0 saturated carbocycles. The number of para-hydroxylation sites is 1. The number of nitrogens with one attached hydrogen (secondary N) is 1. The Bertz CT molecular complexity index is 1160. The molecule has 0 saturated heterocycles. The number of benzene rings is 2. The van der Waals surface area contributed by atoms with E-state index in [-0.39, 0.29) is 30.6 Å². The van der Waals surface area contributed by atoms with Crippen LogP contribution in [0.25, 0.3) is 0 Å². The van der Waals surface area contributed by atoms with E-state index in [9.17, 15) is 22.4 Å². The van der Waals surface area contributed by atoms with Gasteiger partial charge in [-0.1, -0.05) is 55.2 Å². The van der Waals surface area contributed by atoms with E-state index in [0.717, 1.165) is 12.3 Å². The Labute approximate surface area is 216 Å². The van der Waals surface area contributed by atoms with Crippen molar-refractivity contribution >= 4 is 50.7 Å². The van der Waals surface area contributed by atoms with Gasteiger partial charge in [0, 0.05) is 22.6 Å². The third-order valence-electron chi connectivity index (χ3n) is 5.54. The van der Waals surface area contributed by atoms with Crippen molar-refractivity contribution in [1.82, 2.24) is 10.2 Å². The molecule has 2 aromatic carbocycles. The maximum absolute atomic E-state index is 14.5. The van der Waals surface area contributed by atoms with E-state index >= 15 is 0 Å². The minimum atomic E-state index is -4.03. The lowest BCUT2D eigenvalue weighted by Crippen LogP contribution is -2.53. The molecule has 0 aliphatic carbocycles. The number of hydrogen-bond donors (Lipinski definition) is 1. The van der Waals surface area contributed by atoms with Crippen molar-refractivity contribution in [3.05, 3.63) is 63.9 Å². The third kappa shape index (κ3) is 7.81. The number of carbonyl (C=O) groups is 2. The van der Waals surface area contributed by atoms with Gasteiger partial charge in [0.05, 0.1) is 11.9 Å². The van der Waals surface area contributed by atoms with Gasteiger partial charge in [-0.15, -0.1) is 0 Å². The Morgan fingerprint density at radius 3 is 2.29 bits per heavy atom. The topological polar surface area (TPSA) is 86.8 Å². The molecule has 35 heavy (non-hydrogen) atoms. The van der Waals surface area contributed by atoms with Gasteiger partial charge in [-0.3, -0.25) is 13.9 Å². The molecule has 192 valence electrons. The van der Waals surface area contributed by atoms with Gasteiger partial charge in [0.15, 0.2) is 0 Å². The summed E-state index contributed by atoms with van der Waals surface area (Å²) in [6.45, 7) is 4.74. The van der Waals surface area contributed by atoms with E-state index in [1.165, 1.54) is 29.2 Å². The summed E-state index contributed by atoms with van der Waals surface area (Å²) in [7, 11) is -4.03. The van der Waals surface area contributed by atoms with Crippen molar-refractivity contribution in [1.29, 1.82) is 0 Å². The van der Waals surface area contributed by atoms with E-state index in [2.05, 4.69) is 5.32 Å². The first-order chi connectivity index (χ1) is 16.4. The van der Waals surface area contributed by atoms with Crippen LogP contribution in [-0.4, -0.2) is 50.0 Å². The molecule has 0 aromatic heterocycles. The first kappa shape index (κ1) is 28.9. The number of hydrogen-bond acceptors (Lipinski definition) is 4. The summed E-state index contributed by atoms with van der Waals surface area (Å²) in [6.07, 6.45) is 1.84. The zero-order chi connectivity index (χ0) is 26.3. The molecule has 0 bridgehead atoms. The number of carbonyl (C=O) groups excluding carboxylic acids is 2. The van der Waals surface area contributed by atoms with Crippen LogP contribution >= 0.6 is 23.2 Å². The molecule has 2 rings (SSSR count). The maximum atomic E-state index is 14.5. The molecule has 2 atom stereocenters. The molecule has 0 aliphatic heterocycles. The standard InChI is InChI=1S/C24H30Cl2FN3O4S/c1-5-16(3)28-24(32)21(6-2)29(14-17-11-12-18(25)13-19(17)26)23(31)15-30(35(4,33)34)22-10-8-7-9-20(22)27/h7-13,16,21H,5-6,14-15H2,1-4H3,(H,28,32)/t16-,21-/m1/s1. The van der Waals surface area contributed by atoms with Crippen LogP contribution in [0.1, 0.15) is 39.2 Å². The summed E-state index contributed by atoms with van der Waals surface area (Å²) < 4.78 is 40.2. The van der Waals surface area contributed by atoms with E-state index in [0.29, 0.717) is 26.3 Å². The van der Waals surface area contributed by atoms with Crippen molar-refractivity contribution in [3.8, 4) is 0 Å². The second-order valence-electron chi connectivity index (χ2n) is 8.22. The van der Waals surface area contributed by atoms with Crippen LogP contribution in [0.4, 0.5) is 10.1 Å². The number of halogens is 3. The number of anilines is 1. The molecule has 2 amide bonds. The number of rotatable bonds is 11. The molecule has 0 unspecified atom stereocenters. The number of nitrogens with zero attached hydrogens (tertiary/aromatic N) is 2. The zero-order valence-corrected chi connectivity index (χ0v) is 22.4. The fraction of sp³-hybridized carbons (Fsp3) is 0.417. The largest absolute Gasteiger partial charge is 0.352 e. The third-order valence-corrected chi connectivity index (χ3v) is 7.26. The van der Waals surface area contributed by atoms with Crippen LogP contribution in [0.15, 0.2) is 42.5 Å². The van der Waals surface area contributed by atoms with Gasteiger partial charge < -0.3 is 10.2 Å². The lowest BCUT2D eigenvalue weighted by atomic mass is 10.1. The summed E-state index contributed by atoms with van der Waals surface area (Å²) in [4.78, 5) is 27.9. The second-order valence-corrected chi connectivity index (χ2v) is 11.0. The summed E-state index contributed by atoms with van der Waals surface area (Å²) in [5.74, 6) is -1.85. The van der Waals surface area contributed by atoms with Crippen LogP contribution in [0.5, 0.6) is 0 Å². The van der Waals surface area contributed by atoms with Gasteiger partial charge in [-0.2, -0.15) is 0 Å². The van der Waals surface area contributed by atoms with Crippen molar-refractivity contribution in [2.75, 3.05) is 17.1 Å². The minimum Gasteiger partial charge on any atom is -0.352 e. The second kappa shape index (κ2) is 12.6. The fourth-order valence-electron chi connectivity index (χ4n) is 3.44. The highest BCUT2D eigenvalue weighted by Gasteiger charge is 2.33. The van der Waals surface area contributed by atoms with Gasteiger partial charge in [-0.25, -0.2) is 12.8 Å². The van der Waals surface area contributed by atoms with Crippen molar-refractivity contribution in [2.24, 2.45) is 0 Å². The van der Waals surface area contributed by atoms with Crippen molar-refractivity contribution < 1.29 is 22.4 Å². The Kier molecular flexibility index (Phi) is 10.4. The molecule has 0 heterocycles. The summed E-state index contributed by atoms with van der Waals surface area (Å²) in [5, 5.41) is 3.57. The monoisotopic (exact) mass is 545 g/mol. The molecule has 0 spiro atoms. The zero-order valence-electron chi connectivity index (χ0n) is 20.1. The SMILES string of the molecule is CC[C@@H](C)NC(=O)[C@@H](CC)N(Cc1ccc(Cl)cc1Cl)C(=O)CN(c1ccccc1F)S(C)(=O)=O.